The molecule has 0 saturated heterocycles. The van der Waals surface area contributed by atoms with Crippen LogP contribution in [0.5, 0.6) is 5.75 Å². The van der Waals surface area contributed by atoms with Crippen LogP contribution in [-0.4, -0.2) is 19.3 Å². The first-order chi connectivity index (χ1) is 8.00. The Morgan fingerprint density at radius 2 is 1.88 bits per heavy atom. The van der Waals surface area contributed by atoms with Crippen molar-refractivity contribution in [2.45, 2.75) is 39.8 Å². The molecule has 0 radical (unpaired) electrons. The number of hydrogen-bond donors (Lipinski definition) is 1. The van der Waals surface area contributed by atoms with Gasteiger partial charge in [-0.15, -0.1) is 0 Å². The quantitative estimate of drug-likeness (QED) is 0.774. The lowest BCUT2D eigenvalue weighted by Gasteiger charge is -2.13. The molecule has 3 nitrogen and oxygen atoms in total. The number of aryl methyl sites for hydroxylation is 1. The van der Waals surface area contributed by atoms with Crippen molar-refractivity contribution in [3.8, 4) is 5.75 Å². The van der Waals surface area contributed by atoms with Crippen LogP contribution < -0.4 is 10.5 Å². The van der Waals surface area contributed by atoms with Crippen molar-refractivity contribution in [1.29, 1.82) is 0 Å². The van der Waals surface area contributed by atoms with Gasteiger partial charge >= 0.3 is 0 Å². The molecular weight excluding hydrogens is 214 g/mol. The minimum Gasteiger partial charge on any atom is -0.491 e. The highest BCUT2D eigenvalue weighted by Crippen LogP contribution is 2.21. The summed E-state index contributed by atoms with van der Waals surface area (Å²) in [5, 5.41) is 0. The number of ether oxygens (including phenoxy) is 2. The standard InChI is InChI=1S/C14H23NO2/c1-10(2)16-7-8-17-14-6-5-13(12(4)15)9-11(14)3/h5-6,9-10,12H,7-8,15H2,1-4H3. The minimum absolute atomic E-state index is 0.0621. The Kier molecular flexibility index (Phi) is 5.45. The van der Waals surface area contributed by atoms with Gasteiger partial charge in [-0.1, -0.05) is 12.1 Å². The summed E-state index contributed by atoms with van der Waals surface area (Å²) in [5.41, 5.74) is 8.07. The molecule has 1 rings (SSSR count). The van der Waals surface area contributed by atoms with Gasteiger partial charge in [0.15, 0.2) is 0 Å². The maximum absolute atomic E-state index is 5.83. The maximum Gasteiger partial charge on any atom is 0.122 e. The molecule has 0 aliphatic heterocycles. The summed E-state index contributed by atoms with van der Waals surface area (Å²) >= 11 is 0. The van der Waals surface area contributed by atoms with Crippen LogP contribution in [0.1, 0.15) is 37.9 Å². The molecule has 0 heterocycles. The van der Waals surface area contributed by atoms with Crippen molar-refractivity contribution < 1.29 is 9.47 Å². The van der Waals surface area contributed by atoms with Crippen molar-refractivity contribution in [1.82, 2.24) is 0 Å². The van der Waals surface area contributed by atoms with Crippen LogP contribution in [0.4, 0.5) is 0 Å². The Balaban J connectivity index is 2.49. The van der Waals surface area contributed by atoms with Crippen molar-refractivity contribution in [2.75, 3.05) is 13.2 Å². The fourth-order valence-electron chi connectivity index (χ4n) is 1.55. The molecule has 1 aromatic carbocycles. The van der Waals surface area contributed by atoms with Crippen molar-refractivity contribution in [2.24, 2.45) is 5.73 Å². The zero-order valence-electron chi connectivity index (χ0n) is 11.2. The van der Waals surface area contributed by atoms with Gasteiger partial charge in [0.2, 0.25) is 0 Å². The molecule has 0 fully saturated rings. The van der Waals surface area contributed by atoms with Crippen LogP contribution in [0.25, 0.3) is 0 Å². The average Bonchev–Trinajstić information content (AvgIpc) is 2.25. The summed E-state index contributed by atoms with van der Waals surface area (Å²) in [6.07, 6.45) is 0.250. The highest BCUT2D eigenvalue weighted by molar-refractivity contribution is 5.37. The first-order valence-electron chi connectivity index (χ1n) is 6.11. The molecule has 0 aromatic heterocycles. The maximum atomic E-state index is 5.83. The fourth-order valence-corrected chi connectivity index (χ4v) is 1.55. The first kappa shape index (κ1) is 14.0. The Bertz CT molecular complexity index is 348. The highest BCUT2D eigenvalue weighted by atomic mass is 16.5. The third-order valence-electron chi connectivity index (χ3n) is 2.52. The third kappa shape index (κ3) is 4.75. The zero-order valence-corrected chi connectivity index (χ0v) is 11.2. The summed E-state index contributed by atoms with van der Waals surface area (Å²) in [7, 11) is 0. The van der Waals surface area contributed by atoms with E-state index in [-0.39, 0.29) is 12.1 Å². The SMILES string of the molecule is Cc1cc(C(C)N)ccc1OCCOC(C)C. The molecule has 96 valence electrons. The topological polar surface area (TPSA) is 44.5 Å². The predicted molar refractivity (Wildman–Crippen MR) is 70.4 cm³/mol. The van der Waals surface area contributed by atoms with Crippen LogP contribution >= 0.6 is 0 Å². The molecule has 3 heteroatoms. The third-order valence-corrected chi connectivity index (χ3v) is 2.52. The number of nitrogens with two attached hydrogens (primary N) is 1. The molecule has 1 unspecified atom stereocenters. The van der Waals surface area contributed by atoms with Gasteiger partial charge in [-0.3, -0.25) is 0 Å². The van der Waals surface area contributed by atoms with Crippen LogP contribution in [0.3, 0.4) is 0 Å². The van der Waals surface area contributed by atoms with Gasteiger partial charge in [-0.25, -0.2) is 0 Å². The number of hydrogen-bond acceptors (Lipinski definition) is 3. The van der Waals surface area contributed by atoms with Gasteiger partial charge in [0.05, 0.1) is 12.7 Å². The molecule has 0 amide bonds. The second kappa shape index (κ2) is 6.62. The lowest BCUT2D eigenvalue weighted by molar-refractivity contribution is 0.0551. The van der Waals surface area contributed by atoms with Gasteiger partial charge in [0.1, 0.15) is 12.4 Å². The number of rotatable bonds is 6. The first-order valence-corrected chi connectivity index (χ1v) is 6.11. The molecule has 17 heavy (non-hydrogen) atoms. The van der Waals surface area contributed by atoms with E-state index in [0.29, 0.717) is 13.2 Å². The van der Waals surface area contributed by atoms with Gasteiger partial charge in [0.25, 0.3) is 0 Å². The van der Waals surface area contributed by atoms with E-state index in [0.717, 1.165) is 16.9 Å². The van der Waals surface area contributed by atoms with Crippen LogP contribution in [0.2, 0.25) is 0 Å². The normalized spacial score (nSPS) is 12.8. The molecule has 0 saturated carbocycles. The van der Waals surface area contributed by atoms with E-state index < -0.39 is 0 Å². The van der Waals surface area contributed by atoms with E-state index in [1.165, 1.54) is 0 Å². The summed E-state index contributed by atoms with van der Waals surface area (Å²) in [4.78, 5) is 0. The fraction of sp³-hybridized carbons (Fsp3) is 0.571. The minimum atomic E-state index is 0.0621. The van der Waals surface area contributed by atoms with E-state index in [1.54, 1.807) is 0 Å². The molecule has 0 spiro atoms. The van der Waals surface area contributed by atoms with Gasteiger partial charge in [-0.2, -0.15) is 0 Å². The Labute approximate surface area is 104 Å². The molecule has 0 bridgehead atoms. The molecule has 2 N–H and O–H groups in total. The Hall–Kier alpha value is -1.06. The van der Waals surface area contributed by atoms with E-state index in [9.17, 15) is 0 Å². The Morgan fingerprint density at radius 1 is 1.18 bits per heavy atom. The second-order valence-electron chi connectivity index (χ2n) is 4.58. The van der Waals surface area contributed by atoms with Crippen LogP contribution in [-0.2, 0) is 4.74 Å². The lowest BCUT2D eigenvalue weighted by atomic mass is 10.1. The monoisotopic (exact) mass is 237 g/mol. The summed E-state index contributed by atoms with van der Waals surface area (Å²) in [5.74, 6) is 0.904. The summed E-state index contributed by atoms with van der Waals surface area (Å²) in [6, 6.07) is 6.12. The molecule has 0 aliphatic carbocycles. The van der Waals surface area contributed by atoms with Crippen LogP contribution in [0.15, 0.2) is 18.2 Å². The van der Waals surface area contributed by atoms with Gasteiger partial charge in [0, 0.05) is 6.04 Å². The molecular formula is C14H23NO2. The average molecular weight is 237 g/mol. The van der Waals surface area contributed by atoms with Crippen LogP contribution in [0, 0.1) is 6.92 Å². The van der Waals surface area contributed by atoms with E-state index in [4.69, 9.17) is 15.2 Å². The largest absolute Gasteiger partial charge is 0.491 e. The van der Waals surface area contributed by atoms with Crippen molar-refractivity contribution >= 4 is 0 Å². The highest BCUT2D eigenvalue weighted by Gasteiger charge is 2.04. The lowest BCUT2D eigenvalue weighted by Crippen LogP contribution is -2.12. The number of benzene rings is 1. The van der Waals surface area contributed by atoms with Crippen molar-refractivity contribution in [3.63, 3.8) is 0 Å². The van der Waals surface area contributed by atoms with Gasteiger partial charge in [-0.05, 0) is 44.9 Å². The molecule has 1 aromatic rings. The predicted octanol–water partition coefficient (Wildman–Crippen LogP) is 2.82. The molecule has 1 atom stereocenters. The molecule has 0 aliphatic rings. The van der Waals surface area contributed by atoms with E-state index in [2.05, 4.69) is 6.07 Å². The Morgan fingerprint density at radius 3 is 2.41 bits per heavy atom. The van der Waals surface area contributed by atoms with Crippen molar-refractivity contribution in [3.05, 3.63) is 29.3 Å². The summed E-state index contributed by atoms with van der Waals surface area (Å²) < 4.78 is 11.1. The van der Waals surface area contributed by atoms with E-state index >= 15 is 0 Å². The second-order valence-corrected chi connectivity index (χ2v) is 4.58. The van der Waals surface area contributed by atoms with E-state index in [1.807, 2.05) is 39.8 Å². The summed E-state index contributed by atoms with van der Waals surface area (Å²) in [6.45, 7) is 9.24. The zero-order chi connectivity index (χ0) is 12.8. The smallest absolute Gasteiger partial charge is 0.122 e. The van der Waals surface area contributed by atoms with Gasteiger partial charge < -0.3 is 15.2 Å².